The summed E-state index contributed by atoms with van der Waals surface area (Å²) in [6, 6.07) is -0.0831. The molecule has 1 fully saturated rings. The first-order valence-electron chi connectivity index (χ1n) is 11.1. The summed E-state index contributed by atoms with van der Waals surface area (Å²) in [5, 5.41) is 13.4. The fourth-order valence-electron chi connectivity index (χ4n) is 5.49. The van der Waals surface area contributed by atoms with Crippen molar-refractivity contribution in [2.24, 2.45) is 23.7 Å². The van der Waals surface area contributed by atoms with Crippen LogP contribution in [0.5, 0.6) is 0 Å². The molecule has 2 heterocycles. The fraction of sp³-hybridized carbons (Fsp3) is 0.708. The molecule has 6 atom stereocenters. The van der Waals surface area contributed by atoms with E-state index in [2.05, 4.69) is 33.0 Å². The van der Waals surface area contributed by atoms with Gasteiger partial charge in [-0.2, -0.15) is 0 Å². The first-order valence-corrected chi connectivity index (χ1v) is 11.1. The minimum Gasteiger partial charge on any atom is -0.448 e. The van der Waals surface area contributed by atoms with Gasteiger partial charge in [0.1, 0.15) is 5.78 Å². The zero-order valence-electron chi connectivity index (χ0n) is 18.7. The van der Waals surface area contributed by atoms with Crippen LogP contribution in [0.25, 0.3) is 0 Å². The average Bonchev–Trinajstić information content (AvgIpc) is 2.88. The summed E-state index contributed by atoms with van der Waals surface area (Å²) in [5.41, 5.74) is 0.742. The molecule has 0 aromatic heterocycles. The Morgan fingerprint density at radius 2 is 1.87 bits per heavy atom. The third-order valence-electron chi connectivity index (χ3n) is 6.90. The molecule has 6 heteroatoms. The van der Waals surface area contributed by atoms with Crippen molar-refractivity contribution in [3.8, 4) is 0 Å². The zero-order chi connectivity index (χ0) is 22.2. The van der Waals surface area contributed by atoms with Crippen LogP contribution in [0.4, 0.5) is 0 Å². The molecule has 0 unspecified atom stereocenters. The number of rotatable bonds is 2. The zero-order valence-corrected chi connectivity index (χ0v) is 18.7. The minimum atomic E-state index is -1.32. The van der Waals surface area contributed by atoms with Gasteiger partial charge in [-0.05, 0) is 38.5 Å². The number of aliphatic hydroxyl groups is 1. The number of ether oxygens (including phenoxy) is 1. The second-order valence-electron chi connectivity index (χ2n) is 9.84. The highest BCUT2D eigenvalue weighted by Crippen LogP contribution is 2.51. The van der Waals surface area contributed by atoms with Gasteiger partial charge in [-0.15, -0.1) is 0 Å². The van der Waals surface area contributed by atoms with Crippen LogP contribution in [-0.4, -0.2) is 40.5 Å². The molecule has 3 rings (SSSR count). The number of hydrogen-bond donors (Lipinski definition) is 2. The summed E-state index contributed by atoms with van der Waals surface area (Å²) in [6.07, 6.45) is 4.34. The summed E-state index contributed by atoms with van der Waals surface area (Å²) in [5.74, 6) is -1.07. The second-order valence-corrected chi connectivity index (χ2v) is 9.84. The molecule has 0 aromatic rings. The van der Waals surface area contributed by atoms with Gasteiger partial charge in [0.15, 0.2) is 0 Å². The number of amides is 1. The largest absolute Gasteiger partial charge is 0.448 e. The van der Waals surface area contributed by atoms with Gasteiger partial charge < -0.3 is 15.2 Å². The Morgan fingerprint density at radius 1 is 1.17 bits per heavy atom. The molecule has 0 bridgehead atoms. The topological polar surface area (TPSA) is 92.7 Å². The van der Waals surface area contributed by atoms with Crippen LogP contribution in [0.15, 0.2) is 23.3 Å². The lowest BCUT2D eigenvalue weighted by Gasteiger charge is -2.45. The Bertz CT molecular complexity index is 782. The highest BCUT2D eigenvalue weighted by atomic mass is 16.6. The smallest absolute Gasteiger partial charge is 0.307 e. The maximum atomic E-state index is 13.4. The molecule has 2 aliphatic heterocycles. The van der Waals surface area contributed by atoms with Crippen molar-refractivity contribution in [3.05, 3.63) is 23.3 Å². The monoisotopic (exact) mass is 417 g/mol. The molecule has 0 saturated carbocycles. The van der Waals surface area contributed by atoms with Crippen LogP contribution in [0.2, 0.25) is 0 Å². The number of allylic oxidation sites excluding steroid dienone is 1. The molecule has 1 saturated heterocycles. The van der Waals surface area contributed by atoms with E-state index in [0.29, 0.717) is 12.3 Å². The molecule has 1 spiro atoms. The number of carbonyl (C=O) groups is 3. The van der Waals surface area contributed by atoms with E-state index >= 15 is 0 Å². The fourth-order valence-corrected chi connectivity index (χ4v) is 5.49. The van der Waals surface area contributed by atoms with Crippen LogP contribution < -0.4 is 5.32 Å². The van der Waals surface area contributed by atoms with Crippen LogP contribution in [-0.2, 0) is 19.1 Å². The van der Waals surface area contributed by atoms with Crippen LogP contribution >= 0.6 is 0 Å². The number of Topliss-reactive ketones (excluding diaryl/α,β-unsaturated/α-hetero) is 1. The summed E-state index contributed by atoms with van der Waals surface area (Å²) < 4.78 is 6.05. The van der Waals surface area contributed by atoms with Gasteiger partial charge in [-0.25, -0.2) is 0 Å². The van der Waals surface area contributed by atoms with Gasteiger partial charge in [0.2, 0.25) is 5.60 Å². The van der Waals surface area contributed by atoms with E-state index in [4.69, 9.17) is 4.74 Å². The molecule has 1 amide bonds. The lowest BCUT2D eigenvalue weighted by Crippen LogP contribution is -2.56. The summed E-state index contributed by atoms with van der Waals surface area (Å²) in [6.45, 7) is 10.3. The predicted molar refractivity (Wildman–Crippen MR) is 113 cm³/mol. The van der Waals surface area contributed by atoms with E-state index in [1.807, 2.05) is 19.1 Å². The Hall–Kier alpha value is -1.95. The summed E-state index contributed by atoms with van der Waals surface area (Å²) >= 11 is 0. The van der Waals surface area contributed by atoms with E-state index in [0.717, 1.165) is 12.0 Å². The SMILES string of the molecule is CC1=C[C@@H]2/C=C(\C)C[C@@H](O)CC(=O)CCC(=O)O[C@]23C(=O)N[C@@H](CC(C)C)[C@@H]3[C@@H]1C. The average molecular weight is 418 g/mol. The van der Waals surface area contributed by atoms with E-state index < -0.39 is 23.6 Å². The molecular weight excluding hydrogens is 382 g/mol. The second kappa shape index (κ2) is 8.66. The lowest BCUT2D eigenvalue weighted by atomic mass is 9.63. The number of nitrogens with one attached hydrogen (secondary N) is 1. The van der Waals surface area contributed by atoms with E-state index in [-0.39, 0.29) is 48.8 Å². The predicted octanol–water partition coefficient (Wildman–Crippen LogP) is 3.09. The van der Waals surface area contributed by atoms with Crippen LogP contribution in [0.1, 0.15) is 66.7 Å². The number of hydrogen-bond acceptors (Lipinski definition) is 5. The first kappa shape index (κ1) is 22.7. The summed E-state index contributed by atoms with van der Waals surface area (Å²) in [7, 11) is 0. The minimum absolute atomic E-state index is 0.0194. The number of carbonyl (C=O) groups excluding carboxylic acids is 3. The molecule has 30 heavy (non-hydrogen) atoms. The van der Waals surface area contributed by atoms with Gasteiger partial charge in [0, 0.05) is 30.7 Å². The Morgan fingerprint density at radius 3 is 2.53 bits per heavy atom. The van der Waals surface area contributed by atoms with Crippen molar-refractivity contribution >= 4 is 17.7 Å². The number of esters is 1. The maximum Gasteiger partial charge on any atom is 0.307 e. The van der Waals surface area contributed by atoms with Gasteiger partial charge in [0.25, 0.3) is 5.91 Å². The standard InChI is InChI=1S/C24H35NO5/c1-13(2)8-20-22-16(5)15(4)11-17-9-14(3)10-19(27)12-18(26)6-7-21(28)30-24(17,22)23(29)25-20/h9,11,13,16-17,19-20,22,27H,6-8,10,12H2,1-5H3,(H,25,29)/b14-9+/t16-,17+,19-,20+,22+,24-/m1/s1. The van der Waals surface area contributed by atoms with E-state index in [1.54, 1.807) is 0 Å². The number of aliphatic hydroxyl groups excluding tert-OH is 1. The highest BCUT2D eigenvalue weighted by molar-refractivity contribution is 5.93. The Balaban J connectivity index is 2.12. The van der Waals surface area contributed by atoms with Gasteiger partial charge >= 0.3 is 5.97 Å². The van der Waals surface area contributed by atoms with Gasteiger partial charge in [-0.1, -0.05) is 44.1 Å². The lowest BCUT2D eigenvalue weighted by molar-refractivity contribution is -0.177. The first-order chi connectivity index (χ1) is 14.0. The van der Waals surface area contributed by atoms with E-state index in [9.17, 15) is 19.5 Å². The Kier molecular flexibility index (Phi) is 6.56. The molecule has 0 aromatic carbocycles. The van der Waals surface area contributed by atoms with Crippen molar-refractivity contribution in [1.29, 1.82) is 0 Å². The van der Waals surface area contributed by atoms with Crippen molar-refractivity contribution in [3.63, 3.8) is 0 Å². The van der Waals surface area contributed by atoms with Gasteiger partial charge in [0.05, 0.1) is 12.5 Å². The Labute approximate surface area is 179 Å². The third-order valence-corrected chi connectivity index (χ3v) is 6.90. The van der Waals surface area contributed by atoms with Gasteiger partial charge in [-0.3, -0.25) is 14.4 Å². The molecule has 6 nitrogen and oxygen atoms in total. The van der Waals surface area contributed by atoms with Crippen molar-refractivity contribution in [1.82, 2.24) is 5.32 Å². The molecule has 0 radical (unpaired) electrons. The molecule has 166 valence electrons. The van der Waals surface area contributed by atoms with Crippen molar-refractivity contribution in [2.45, 2.75) is 84.5 Å². The normalized spacial score (nSPS) is 39.6. The van der Waals surface area contributed by atoms with Crippen LogP contribution in [0.3, 0.4) is 0 Å². The molecule has 3 aliphatic rings. The van der Waals surface area contributed by atoms with Crippen molar-refractivity contribution < 1.29 is 24.2 Å². The molecule has 2 N–H and O–H groups in total. The maximum absolute atomic E-state index is 13.4. The molecular formula is C24H35NO5. The summed E-state index contributed by atoms with van der Waals surface area (Å²) in [4.78, 5) is 38.4. The third kappa shape index (κ3) is 4.25. The quantitative estimate of drug-likeness (QED) is 0.532. The van der Waals surface area contributed by atoms with Crippen molar-refractivity contribution in [2.75, 3.05) is 0 Å². The number of ketones is 1. The molecule has 1 aliphatic carbocycles. The van der Waals surface area contributed by atoms with E-state index in [1.165, 1.54) is 5.57 Å². The van der Waals surface area contributed by atoms with Crippen LogP contribution in [0, 0.1) is 23.7 Å². The highest BCUT2D eigenvalue weighted by Gasteiger charge is 2.64.